The molecule has 4 aromatic rings. The minimum atomic E-state index is -0.505. The molecule has 36 heavy (non-hydrogen) atoms. The number of nitrogens with one attached hydrogen (secondary N) is 1. The first-order valence-electron chi connectivity index (χ1n) is 11.5. The Balaban J connectivity index is 1.27. The monoisotopic (exact) mass is 488 g/mol. The highest BCUT2D eigenvalue weighted by atomic mass is 32.1. The first kappa shape index (κ1) is 21.9. The molecule has 1 fully saturated rings. The minimum absolute atomic E-state index is 0.0312. The predicted molar refractivity (Wildman–Crippen MR) is 144 cm³/mol. The molecule has 174 valence electrons. The van der Waals surface area contributed by atoms with E-state index in [-0.39, 0.29) is 10.7 Å². The van der Waals surface area contributed by atoms with Gasteiger partial charge in [-0.25, -0.2) is 0 Å². The summed E-state index contributed by atoms with van der Waals surface area (Å²) in [6.45, 7) is 0. The maximum absolute atomic E-state index is 13.4. The van der Waals surface area contributed by atoms with Crippen LogP contribution in [0.2, 0.25) is 0 Å². The topological polar surface area (TPSA) is 58.6 Å². The normalized spacial score (nSPS) is 15.5. The summed E-state index contributed by atoms with van der Waals surface area (Å²) in [6, 6.07) is 30.8. The van der Waals surface area contributed by atoms with Crippen LogP contribution in [0.1, 0.15) is 16.7 Å². The number of fused-ring (bicyclic) bond motifs is 3. The summed E-state index contributed by atoms with van der Waals surface area (Å²) in [5.41, 5.74) is 6.24. The third-order valence-electron chi connectivity index (χ3n) is 6.30. The van der Waals surface area contributed by atoms with E-state index >= 15 is 0 Å². The minimum Gasteiger partial charge on any atom is -0.457 e. The molecule has 6 heteroatoms. The number of amides is 2. The molecule has 0 radical (unpaired) electrons. The number of nitrogens with zero attached hydrogens (tertiary/aromatic N) is 1. The van der Waals surface area contributed by atoms with Crippen LogP contribution in [-0.4, -0.2) is 16.9 Å². The second-order valence-electron chi connectivity index (χ2n) is 8.62. The number of hydrogen-bond acceptors (Lipinski definition) is 4. The van der Waals surface area contributed by atoms with Crippen molar-refractivity contribution in [1.82, 2.24) is 5.32 Å². The summed E-state index contributed by atoms with van der Waals surface area (Å²) in [7, 11) is 0. The summed E-state index contributed by atoms with van der Waals surface area (Å²) >= 11 is 5.34. The highest BCUT2D eigenvalue weighted by molar-refractivity contribution is 7.80. The number of ether oxygens (including phenoxy) is 1. The quantitative estimate of drug-likeness (QED) is 0.195. The van der Waals surface area contributed by atoms with Crippen molar-refractivity contribution in [3.8, 4) is 22.6 Å². The van der Waals surface area contributed by atoms with Crippen LogP contribution >= 0.6 is 12.2 Å². The Bertz CT molecular complexity index is 1560. The van der Waals surface area contributed by atoms with Gasteiger partial charge in [0, 0.05) is 0 Å². The number of carbonyl (C=O) groups excluding carboxylic acids is 2. The van der Waals surface area contributed by atoms with Crippen molar-refractivity contribution in [2.24, 2.45) is 0 Å². The zero-order valence-corrected chi connectivity index (χ0v) is 19.9. The number of benzene rings is 4. The molecule has 5 nitrogen and oxygen atoms in total. The van der Waals surface area contributed by atoms with Crippen LogP contribution in [0, 0.1) is 0 Å². The van der Waals surface area contributed by atoms with E-state index in [1.54, 1.807) is 30.3 Å². The second kappa shape index (κ2) is 8.91. The van der Waals surface area contributed by atoms with Crippen molar-refractivity contribution in [3.05, 3.63) is 119 Å². The second-order valence-corrected chi connectivity index (χ2v) is 9.00. The Hall–Kier alpha value is -4.55. The number of para-hydroxylation sites is 1. The van der Waals surface area contributed by atoms with Gasteiger partial charge in [0.15, 0.2) is 5.11 Å². The molecular weight excluding hydrogens is 468 g/mol. The molecule has 1 saturated heterocycles. The molecule has 1 aliphatic heterocycles. The third-order valence-corrected chi connectivity index (χ3v) is 6.59. The van der Waals surface area contributed by atoms with E-state index < -0.39 is 11.8 Å². The van der Waals surface area contributed by atoms with E-state index in [0.717, 1.165) is 12.0 Å². The standard InChI is InChI=1S/C30H20N2O3S/c33-28-27(17-19-10-15-26-21(16-19)18-20-6-4-5-9-25(20)26)29(34)32(30(36)31-28)22-11-13-24(14-12-22)35-23-7-2-1-3-8-23/h1-17H,18H2,(H,31,33,36). The molecule has 0 unspecified atom stereocenters. The van der Waals surface area contributed by atoms with Crippen molar-refractivity contribution in [2.75, 3.05) is 4.90 Å². The third kappa shape index (κ3) is 3.97. The summed E-state index contributed by atoms with van der Waals surface area (Å²) < 4.78 is 5.83. The predicted octanol–water partition coefficient (Wildman–Crippen LogP) is 5.88. The fourth-order valence-corrected chi connectivity index (χ4v) is 4.88. The average Bonchev–Trinajstić information content (AvgIpc) is 3.26. The number of carbonyl (C=O) groups is 2. The molecule has 1 aliphatic carbocycles. The lowest BCUT2D eigenvalue weighted by Crippen LogP contribution is -2.54. The molecule has 2 aliphatic rings. The summed E-state index contributed by atoms with van der Waals surface area (Å²) in [6.07, 6.45) is 2.46. The fourth-order valence-electron chi connectivity index (χ4n) is 4.60. The summed E-state index contributed by atoms with van der Waals surface area (Å²) in [4.78, 5) is 27.5. The lowest BCUT2D eigenvalue weighted by Gasteiger charge is -2.29. The molecule has 0 saturated carbocycles. The SMILES string of the molecule is O=C1NC(=S)N(c2ccc(Oc3ccccc3)cc2)C(=O)C1=Cc1ccc2c(c1)Cc1ccccc1-2. The van der Waals surface area contributed by atoms with Gasteiger partial charge in [-0.15, -0.1) is 0 Å². The lowest BCUT2D eigenvalue weighted by atomic mass is 10.0. The van der Waals surface area contributed by atoms with E-state index in [1.807, 2.05) is 60.7 Å². The largest absolute Gasteiger partial charge is 0.457 e. The fraction of sp³-hybridized carbons (Fsp3) is 0.0333. The Morgan fingerprint density at radius 3 is 2.28 bits per heavy atom. The maximum Gasteiger partial charge on any atom is 0.270 e. The number of hydrogen-bond donors (Lipinski definition) is 1. The highest BCUT2D eigenvalue weighted by Gasteiger charge is 2.34. The van der Waals surface area contributed by atoms with Gasteiger partial charge in [0.1, 0.15) is 17.1 Å². The van der Waals surface area contributed by atoms with Crippen molar-refractivity contribution in [3.63, 3.8) is 0 Å². The van der Waals surface area contributed by atoms with Crippen LogP contribution in [0.3, 0.4) is 0 Å². The van der Waals surface area contributed by atoms with E-state index in [2.05, 4.69) is 17.4 Å². The van der Waals surface area contributed by atoms with Crippen LogP contribution in [0.15, 0.2) is 103 Å². The average molecular weight is 489 g/mol. The van der Waals surface area contributed by atoms with Crippen LogP contribution in [0.4, 0.5) is 5.69 Å². The zero-order valence-electron chi connectivity index (χ0n) is 19.1. The van der Waals surface area contributed by atoms with Gasteiger partial charge >= 0.3 is 0 Å². The van der Waals surface area contributed by atoms with Crippen LogP contribution in [-0.2, 0) is 16.0 Å². The number of thiocarbonyl (C=S) groups is 1. The molecule has 4 aromatic carbocycles. The van der Waals surface area contributed by atoms with Gasteiger partial charge in [0.05, 0.1) is 5.69 Å². The Morgan fingerprint density at radius 2 is 1.47 bits per heavy atom. The molecule has 0 spiro atoms. The van der Waals surface area contributed by atoms with Gasteiger partial charge in [-0.1, -0.05) is 60.7 Å². The molecular formula is C30H20N2O3S. The van der Waals surface area contributed by atoms with Crippen molar-refractivity contribution < 1.29 is 14.3 Å². The van der Waals surface area contributed by atoms with Gasteiger partial charge in [0.2, 0.25) is 0 Å². The molecule has 1 N–H and O–H groups in total. The number of rotatable bonds is 4. The van der Waals surface area contributed by atoms with E-state index in [4.69, 9.17) is 17.0 Å². The van der Waals surface area contributed by atoms with Crippen LogP contribution in [0.5, 0.6) is 11.5 Å². The van der Waals surface area contributed by atoms with Crippen molar-refractivity contribution in [2.45, 2.75) is 6.42 Å². The van der Waals surface area contributed by atoms with Gasteiger partial charge < -0.3 is 4.74 Å². The molecule has 0 bridgehead atoms. The van der Waals surface area contributed by atoms with Gasteiger partial charge in [0.25, 0.3) is 11.8 Å². The first-order valence-corrected chi connectivity index (χ1v) is 11.9. The van der Waals surface area contributed by atoms with Gasteiger partial charge in [-0.05, 0) is 88.9 Å². The molecule has 1 heterocycles. The van der Waals surface area contributed by atoms with Gasteiger partial charge in [-0.3, -0.25) is 19.8 Å². The summed E-state index contributed by atoms with van der Waals surface area (Å²) in [5, 5.41) is 2.69. The van der Waals surface area contributed by atoms with Gasteiger partial charge in [-0.2, -0.15) is 0 Å². The Kier molecular flexibility index (Phi) is 5.43. The van der Waals surface area contributed by atoms with Crippen molar-refractivity contribution >= 4 is 40.9 Å². The van der Waals surface area contributed by atoms with Crippen LogP contribution < -0.4 is 15.0 Å². The highest BCUT2D eigenvalue weighted by Crippen LogP contribution is 2.37. The molecule has 6 rings (SSSR count). The smallest absolute Gasteiger partial charge is 0.270 e. The molecule has 0 atom stereocenters. The Labute approximate surface area is 213 Å². The van der Waals surface area contributed by atoms with E-state index in [0.29, 0.717) is 17.2 Å². The Morgan fingerprint density at radius 1 is 0.778 bits per heavy atom. The van der Waals surface area contributed by atoms with E-state index in [1.165, 1.54) is 27.2 Å². The lowest BCUT2D eigenvalue weighted by molar-refractivity contribution is -0.122. The van der Waals surface area contributed by atoms with Crippen LogP contribution in [0.25, 0.3) is 17.2 Å². The van der Waals surface area contributed by atoms with Crippen molar-refractivity contribution in [1.29, 1.82) is 0 Å². The number of anilines is 1. The molecule has 0 aromatic heterocycles. The summed E-state index contributed by atoms with van der Waals surface area (Å²) in [5.74, 6) is 0.363. The van der Waals surface area contributed by atoms with E-state index in [9.17, 15) is 9.59 Å². The maximum atomic E-state index is 13.4. The molecule has 2 amide bonds. The zero-order chi connectivity index (χ0) is 24.6. The first-order chi connectivity index (χ1) is 17.6.